The Balaban J connectivity index is 0.000000653. The lowest BCUT2D eigenvalue weighted by molar-refractivity contribution is -0.0593. The van der Waals surface area contributed by atoms with Crippen LogP contribution in [-0.2, 0) is 0 Å². The van der Waals surface area contributed by atoms with Gasteiger partial charge in [-0.05, 0) is 45.1 Å². The van der Waals surface area contributed by atoms with Crippen LogP contribution in [0.5, 0.6) is 0 Å². The molecule has 0 aromatic heterocycles. The second-order valence-corrected chi connectivity index (χ2v) is 5.04. The number of nitrogens with one attached hydrogen (secondary N) is 2. The van der Waals surface area contributed by atoms with Gasteiger partial charge in [0.25, 0.3) is 0 Å². The normalized spacial score (nSPS) is 51.9. The van der Waals surface area contributed by atoms with Crippen LogP contribution in [0.1, 0.15) is 32.6 Å². The summed E-state index contributed by atoms with van der Waals surface area (Å²) >= 11 is 0. The van der Waals surface area contributed by atoms with Crippen molar-refractivity contribution in [3.8, 4) is 0 Å². The Morgan fingerprint density at radius 1 is 1.31 bits per heavy atom. The van der Waals surface area contributed by atoms with Crippen LogP contribution in [0.3, 0.4) is 0 Å². The molecule has 1 saturated heterocycles. The number of hydrogen-bond donors (Lipinski definition) is 2. The van der Waals surface area contributed by atoms with Crippen LogP contribution in [0.25, 0.3) is 0 Å². The third-order valence-electron chi connectivity index (χ3n) is 4.06. The van der Waals surface area contributed by atoms with E-state index in [0.29, 0.717) is 11.6 Å². The van der Waals surface area contributed by atoms with Gasteiger partial charge in [-0.1, -0.05) is 0 Å². The van der Waals surface area contributed by atoms with Gasteiger partial charge in [-0.15, -0.1) is 12.4 Å². The molecule has 2 N–H and O–H groups in total. The van der Waals surface area contributed by atoms with Crippen molar-refractivity contribution in [2.24, 2.45) is 5.92 Å². The van der Waals surface area contributed by atoms with E-state index in [0.717, 1.165) is 12.0 Å². The third kappa shape index (κ3) is 1.39. The fraction of sp³-hybridized carbons (Fsp3) is 1.00. The molecule has 1 heterocycles. The van der Waals surface area contributed by atoms with E-state index in [1.807, 2.05) is 0 Å². The standard InChI is InChI=1S/C10H18N2.ClH/c1-7-9(2-3-11-7)12-10-4-8(5-10)6-10;/h7-9,11-12H,2-6H2,1H3;1H/t7-,8?,9?,10?;/m0./s1. The minimum Gasteiger partial charge on any atom is -0.313 e. The molecule has 4 fully saturated rings. The Kier molecular flexibility index (Phi) is 2.33. The van der Waals surface area contributed by atoms with Gasteiger partial charge in [-0.2, -0.15) is 0 Å². The first kappa shape index (κ1) is 9.75. The molecule has 4 aliphatic rings. The average molecular weight is 203 g/mol. The van der Waals surface area contributed by atoms with Crippen LogP contribution < -0.4 is 10.6 Å². The minimum absolute atomic E-state index is 0. The lowest BCUT2D eigenvalue weighted by Gasteiger charge is -2.63. The van der Waals surface area contributed by atoms with E-state index < -0.39 is 0 Å². The maximum atomic E-state index is 3.84. The minimum atomic E-state index is 0. The first-order valence-electron chi connectivity index (χ1n) is 5.29. The Labute approximate surface area is 86.3 Å². The summed E-state index contributed by atoms with van der Waals surface area (Å²) in [5.41, 5.74) is 0.621. The molecule has 2 nitrogen and oxygen atoms in total. The van der Waals surface area contributed by atoms with Crippen molar-refractivity contribution in [1.29, 1.82) is 0 Å². The molecular formula is C10H19ClN2. The number of halogens is 1. The summed E-state index contributed by atoms with van der Waals surface area (Å²) in [5.74, 6) is 1.10. The lowest BCUT2D eigenvalue weighted by atomic mass is 9.49. The van der Waals surface area contributed by atoms with Gasteiger partial charge in [-0.25, -0.2) is 0 Å². The molecule has 0 amide bonds. The van der Waals surface area contributed by atoms with Crippen molar-refractivity contribution in [1.82, 2.24) is 10.6 Å². The van der Waals surface area contributed by atoms with Gasteiger partial charge in [0.2, 0.25) is 0 Å². The summed E-state index contributed by atoms with van der Waals surface area (Å²) in [7, 11) is 0. The van der Waals surface area contributed by atoms with Gasteiger partial charge in [-0.3, -0.25) is 0 Å². The van der Waals surface area contributed by atoms with Crippen molar-refractivity contribution in [3.05, 3.63) is 0 Å². The highest BCUT2D eigenvalue weighted by Gasteiger charge is 2.57. The summed E-state index contributed by atoms with van der Waals surface area (Å²) in [5, 5.41) is 7.34. The summed E-state index contributed by atoms with van der Waals surface area (Å²) < 4.78 is 0. The second kappa shape index (κ2) is 3.11. The van der Waals surface area contributed by atoms with Crippen molar-refractivity contribution in [2.45, 2.75) is 50.2 Å². The number of hydrogen-bond acceptors (Lipinski definition) is 2. The average Bonchev–Trinajstić information content (AvgIpc) is 2.24. The van der Waals surface area contributed by atoms with E-state index in [4.69, 9.17) is 0 Å². The summed E-state index contributed by atoms with van der Waals surface area (Å²) in [4.78, 5) is 0. The molecular weight excluding hydrogens is 184 g/mol. The topological polar surface area (TPSA) is 24.1 Å². The molecule has 3 aliphatic carbocycles. The molecule has 3 heteroatoms. The molecule has 0 spiro atoms. The summed E-state index contributed by atoms with van der Waals surface area (Å²) in [6, 6.07) is 1.45. The summed E-state index contributed by atoms with van der Waals surface area (Å²) in [6.45, 7) is 3.51. The van der Waals surface area contributed by atoms with Crippen LogP contribution in [-0.4, -0.2) is 24.2 Å². The van der Waals surface area contributed by atoms with E-state index >= 15 is 0 Å². The van der Waals surface area contributed by atoms with Gasteiger partial charge in [0.1, 0.15) is 0 Å². The van der Waals surface area contributed by atoms with Crippen LogP contribution >= 0.6 is 12.4 Å². The van der Waals surface area contributed by atoms with E-state index in [9.17, 15) is 0 Å². The van der Waals surface area contributed by atoms with Crippen molar-refractivity contribution in [2.75, 3.05) is 6.54 Å². The Bertz CT molecular complexity index is 190. The molecule has 13 heavy (non-hydrogen) atoms. The van der Waals surface area contributed by atoms with Crippen molar-refractivity contribution >= 4 is 12.4 Å². The van der Waals surface area contributed by atoms with E-state index in [1.54, 1.807) is 0 Å². The van der Waals surface area contributed by atoms with Gasteiger partial charge in [0.15, 0.2) is 0 Å². The van der Waals surface area contributed by atoms with Crippen molar-refractivity contribution in [3.63, 3.8) is 0 Å². The molecule has 0 aromatic carbocycles. The molecule has 2 bridgehead atoms. The largest absolute Gasteiger partial charge is 0.313 e. The molecule has 76 valence electrons. The Morgan fingerprint density at radius 3 is 2.38 bits per heavy atom. The molecule has 3 saturated carbocycles. The van der Waals surface area contributed by atoms with Crippen LogP contribution in [0.4, 0.5) is 0 Å². The van der Waals surface area contributed by atoms with Gasteiger partial charge in [0, 0.05) is 17.6 Å². The van der Waals surface area contributed by atoms with Crippen LogP contribution in [0.15, 0.2) is 0 Å². The number of rotatable bonds is 2. The quantitative estimate of drug-likeness (QED) is 0.706. The third-order valence-corrected chi connectivity index (χ3v) is 4.06. The molecule has 1 aliphatic heterocycles. The molecule has 0 aromatic rings. The zero-order chi connectivity index (χ0) is 8.18. The highest BCUT2D eigenvalue weighted by Crippen LogP contribution is 2.57. The molecule has 0 radical (unpaired) electrons. The van der Waals surface area contributed by atoms with Crippen LogP contribution in [0.2, 0.25) is 0 Å². The maximum absolute atomic E-state index is 3.84. The first-order chi connectivity index (χ1) is 5.77. The predicted octanol–water partition coefficient (Wildman–Crippen LogP) is 1.30. The Hall–Kier alpha value is 0.210. The zero-order valence-corrected chi connectivity index (χ0v) is 8.99. The predicted molar refractivity (Wildman–Crippen MR) is 56.3 cm³/mol. The van der Waals surface area contributed by atoms with Gasteiger partial charge < -0.3 is 10.6 Å². The fourth-order valence-electron chi connectivity index (χ4n) is 3.10. The fourth-order valence-corrected chi connectivity index (χ4v) is 3.10. The monoisotopic (exact) mass is 202 g/mol. The molecule has 2 atom stereocenters. The smallest absolute Gasteiger partial charge is 0.0235 e. The highest BCUT2D eigenvalue weighted by atomic mass is 35.5. The second-order valence-electron chi connectivity index (χ2n) is 5.04. The van der Waals surface area contributed by atoms with E-state index in [1.165, 1.54) is 32.2 Å². The lowest BCUT2D eigenvalue weighted by Crippen LogP contribution is -2.69. The van der Waals surface area contributed by atoms with Crippen LogP contribution in [0, 0.1) is 5.92 Å². The molecule has 1 unspecified atom stereocenters. The van der Waals surface area contributed by atoms with Gasteiger partial charge in [0.05, 0.1) is 0 Å². The summed E-state index contributed by atoms with van der Waals surface area (Å²) in [6.07, 6.45) is 5.73. The zero-order valence-electron chi connectivity index (χ0n) is 8.18. The first-order valence-corrected chi connectivity index (χ1v) is 5.29. The molecule has 4 rings (SSSR count). The Morgan fingerprint density at radius 2 is 2.00 bits per heavy atom. The van der Waals surface area contributed by atoms with E-state index in [-0.39, 0.29) is 12.4 Å². The maximum Gasteiger partial charge on any atom is 0.0235 e. The SMILES string of the molecule is C[C@@H]1NCCC1NC12CC(C1)C2.Cl. The highest BCUT2D eigenvalue weighted by molar-refractivity contribution is 5.85. The van der Waals surface area contributed by atoms with E-state index in [2.05, 4.69) is 17.6 Å². The van der Waals surface area contributed by atoms with Crippen molar-refractivity contribution < 1.29 is 0 Å². The van der Waals surface area contributed by atoms with Gasteiger partial charge >= 0.3 is 0 Å².